The zero-order valence-electron chi connectivity index (χ0n) is 17.4. The van der Waals surface area contributed by atoms with E-state index in [4.69, 9.17) is 0 Å². The molecule has 2 aliphatic heterocycles. The first kappa shape index (κ1) is 19.0. The van der Waals surface area contributed by atoms with Crippen molar-refractivity contribution in [3.8, 4) is 0 Å². The lowest BCUT2D eigenvalue weighted by Crippen LogP contribution is -2.36. The molecule has 0 unspecified atom stereocenters. The van der Waals surface area contributed by atoms with Gasteiger partial charge in [-0.15, -0.1) is 0 Å². The van der Waals surface area contributed by atoms with Crippen molar-refractivity contribution in [2.24, 2.45) is 5.92 Å². The van der Waals surface area contributed by atoms with Crippen molar-refractivity contribution >= 4 is 5.69 Å². The molecule has 0 radical (unpaired) electrons. The van der Waals surface area contributed by atoms with E-state index in [0.717, 1.165) is 22.5 Å². The van der Waals surface area contributed by atoms with E-state index in [1.165, 1.54) is 28.2 Å². The fraction of sp³-hybridized carbons (Fsp3) is 0.280. The van der Waals surface area contributed by atoms with Gasteiger partial charge in [0.1, 0.15) is 0 Å². The van der Waals surface area contributed by atoms with Crippen LogP contribution in [-0.4, -0.2) is 11.9 Å². The summed E-state index contributed by atoms with van der Waals surface area (Å²) in [4.78, 5) is 4.58. The lowest BCUT2D eigenvalue weighted by Gasteiger charge is -2.44. The maximum Gasteiger partial charge on any atom is 0.0526 e. The first-order chi connectivity index (χ1) is 12.8. The Balaban J connectivity index is 2.27. The van der Waals surface area contributed by atoms with Crippen LogP contribution in [0.3, 0.4) is 0 Å². The molecule has 27 heavy (non-hydrogen) atoms. The molecule has 2 aliphatic rings. The van der Waals surface area contributed by atoms with Crippen molar-refractivity contribution in [3.05, 3.63) is 101 Å². The highest BCUT2D eigenvalue weighted by molar-refractivity contribution is 5.76. The van der Waals surface area contributed by atoms with Crippen molar-refractivity contribution in [1.82, 2.24) is 4.90 Å². The summed E-state index contributed by atoms with van der Waals surface area (Å²) in [6.07, 6.45) is 4.47. The number of hydrogen-bond acceptors (Lipinski definition) is 2. The number of allylic oxidation sites excluding steroid dienone is 6. The third kappa shape index (κ3) is 2.99. The number of benzene rings is 1. The van der Waals surface area contributed by atoms with Crippen LogP contribution < -0.4 is 4.90 Å². The molecule has 0 aromatic heterocycles. The Labute approximate surface area is 164 Å². The average Bonchev–Trinajstić information content (AvgIpc) is 2.63. The predicted molar refractivity (Wildman–Crippen MR) is 117 cm³/mol. The maximum atomic E-state index is 4.51. The van der Waals surface area contributed by atoms with Gasteiger partial charge in [-0.05, 0) is 50.5 Å². The standard InChI is InChI=1S/C25H30N2/c1-9-21-18(6)24-19(7)27(20-13-11-10-12-14-20)22(16(2)3)15-23(24)26(8)25(21)17(4)5/h9-16H,6-7H2,1-5,8H3/b21-9-. The first-order valence-corrected chi connectivity index (χ1v) is 9.57. The molecule has 2 heterocycles. The fourth-order valence-electron chi connectivity index (χ4n) is 4.09. The van der Waals surface area contributed by atoms with Gasteiger partial charge in [-0.2, -0.15) is 0 Å². The second-order valence-electron chi connectivity index (χ2n) is 7.69. The van der Waals surface area contributed by atoms with Crippen LogP contribution in [0.25, 0.3) is 0 Å². The number of anilines is 1. The summed E-state index contributed by atoms with van der Waals surface area (Å²) in [6.45, 7) is 19.8. The molecule has 2 nitrogen and oxygen atoms in total. The van der Waals surface area contributed by atoms with Gasteiger partial charge in [0.2, 0.25) is 0 Å². The number of hydrogen-bond donors (Lipinski definition) is 0. The molecular weight excluding hydrogens is 328 g/mol. The van der Waals surface area contributed by atoms with Crippen LogP contribution >= 0.6 is 0 Å². The highest BCUT2D eigenvalue weighted by Gasteiger charge is 2.35. The zero-order valence-corrected chi connectivity index (χ0v) is 17.4. The average molecular weight is 359 g/mol. The summed E-state index contributed by atoms with van der Waals surface area (Å²) in [6, 6.07) is 10.5. The summed E-state index contributed by atoms with van der Waals surface area (Å²) >= 11 is 0. The topological polar surface area (TPSA) is 6.48 Å². The highest BCUT2D eigenvalue weighted by atomic mass is 15.2. The molecule has 0 aliphatic carbocycles. The van der Waals surface area contributed by atoms with Crippen LogP contribution in [0.5, 0.6) is 0 Å². The Morgan fingerprint density at radius 2 is 1.70 bits per heavy atom. The monoisotopic (exact) mass is 358 g/mol. The molecule has 1 aromatic carbocycles. The smallest absolute Gasteiger partial charge is 0.0526 e. The Morgan fingerprint density at radius 1 is 1.07 bits per heavy atom. The van der Waals surface area contributed by atoms with E-state index < -0.39 is 0 Å². The molecule has 2 heteroatoms. The maximum absolute atomic E-state index is 4.51. The Kier molecular flexibility index (Phi) is 5.01. The van der Waals surface area contributed by atoms with Crippen LogP contribution in [0.2, 0.25) is 0 Å². The van der Waals surface area contributed by atoms with Gasteiger partial charge in [0.05, 0.1) is 5.70 Å². The second-order valence-corrected chi connectivity index (χ2v) is 7.69. The summed E-state index contributed by atoms with van der Waals surface area (Å²) in [7, 11) is 2.15. The van der Waals surface area contributed by atoms with E-state index in [1.807, 2.05) is 6.07 Å². The third-order valence-electron chi connectivity index (χ3n) is 5.30. The summed E-state index contributed by atoms with van der Waals surface area (Å²) < 4.78 is 0. The quantitative estimate of drug-likeness (QED) is 0.591. The molecule has 3 rings (SSSR count). The number of nitrogens with zero attached hydrogens (tertiary/aromatic N) is 2. The normalized spacial score (nSPS) is 19.1. The molecule has 0 spiro atoms. The molecule has 0 amide bonds. The van der Waals surface area contributed by atoms with Crippen molar-refractivity contribution in [1.29, 1.82) is 0 Å². The largest absolute Gasteiger partial charge is 0.344 e. The Morgan fingerprint density at radius 3 is 2.22 bits per heavy atom. The number of likely N-dealkylation sites (N-methyl/N-ethyl adjacent to an activating group) is 1. The van der Waals surface area contributed by atoms with Crippen LogP contribution in [0.4, 0.5) is 5.69 Å². The Bertz CT molecular complexity index is 916. The van der Waals surface area contributed by atoms with Crippen LogP contribution in [-0.2, 0) is 0 Å². The number of para-hydroxylation sites is 1. The van der Waals surface area contributed by atoms with Gasteiger partial charge in [-0.3, -0.25) is 0 Å². The minimum absolute atomic E-state index is 0.371. The van der Waals surface area contributed by atoms with Gasteiger partial charge in [0, 0.05) is 41.0 Å². The first-order valence-electron chi connectivity index (χ1n) is 9.57. The van der Waals surface area contributed by atoms with Gasteiger partial charge in [-0.1, -0.05) is 56.9 Å². The highest BCUT2D eigenvalue weighted by Crippen LogP contribution is 2.47. The summed E-state index contributed by atoms with van der Waals surface area (Å²) in [5.74, 6) is 0.371. The van der Waals surface area contributed by atoms with Gasteiger partial charge in [0.25, 0.3) is 0 Å². The Hall–Kier alpha value is -2.74. The van der Waals surface area contributed by atoms with Crippen molar-refractivity contribution in [3.63, 3.8) is 0 Å². The molecule has 140 valence electrons. The fourth-order valence-corrected chi connectivity index (χ4v) is 4.09. The van der Waals surface area contributed by atoms with E-state index in [1.54, 1.807) is 0 Å². The number of rotatable bonds is 2. The molecule has 0 fully saturated rings. The van der Waals surface area contributed by atoms with Crippen molar-refractivity contribution in [2.45, 2.75) is 34.6 Å². The lowest BCUT2D eigenvalue weighted by atomic mass is 9.83. The molecule has 1 aromatic rings. The summed E-state index contributed by atoms with van der Waals surface area (Å²) in [5.41, 5.74) is 10.5. The van der Waals surface area contributed by atoms with Crippen LogP contribution in [0.1, 0.15) is 34.6 Å². The van der Waals surface area contributed by atoms with Crippen LogP contribution in [0.15, 0.2) is 101 Å². The van der Waals surface area contributed by atoms with Crippen molar-refractivity contribution < 1.29 is 0 Å². The lowest BCUT2D eigenvalue weighted by molar-refractivity contribution is 0.517. The van der Waals surface area contributed by atoms with E-state index in [9.17, 15) is 0 Å². The minimum Gasteiger partial charge on any atom is -0.344 e. The SMILES string of the molecule is C=C1C2=C(C=C(C(C)C)N(c3ccccc3)C2=C)N(C)C(=C(C)C)/C1=C\C. The third-order valence-corrected chi connectivity index (χ3v) is 5.30. The second kappa shape index (κ2) is 7.11. The van der Waals surface area contributed by atoms with Gasteiger partial charge in [-0.25, -0.2) is 0 Å². The molecule has 0 N–H and O–H groups in total. The molecule has 0 bridgehead atoms. The molecule has 0 saturated carbocycles. The van der Waals surface area contributed by atoms with Crippen molar-refractivity contribution in [2.75, 3.05) is 11.9 Å². The van der Waals surface area contributed by atoms with Gasteiger partial charge < -0.3 is 9.80 Å². The van der Waals surface area contributed by atoms with Gasteiger partial charge >= 0.3 is 0 Å². The van der Waals surface area contributed by atoms with Crippen LogP contribution in [0, 0.1) is 5.92 Å². The molecule has 0 atom stereocenters. The van der Waals surface area contributed by atoms with Gasteiger partial charge in [0.15, 0.2) is 0 Å². The van der Waals surface area contributed by atoms with E-state index in [-0.39, 0.29) is 0 Å². The summed E-state index contributed by atoms with van der Waals surface area (Å²) in [5, 5.41) is 0. The minimum atomic E-state index is 0.371. The predicted octanol–water partition coefficient (Wildman–Crippen LogP) is 6.56. The molecule has 0 saturated heterocycles. The zero-order chi connectivity index (χ0) is 19.9. The molecular formula is C25H30N2. The van der Waals surface area contributed by atoms with E-state index >= 15 is 0 Å². The van der Waals surface area contributed by atoms with E-state index in [2.05, 4.69) is 101 Å². The van der Waals surface area contributed by atoms with E-state index in [0.29, 0.717) is 5.92 Å².